The highest BCUT2D eigenvalue weighted by Gasteiger charge is 2.15. The Morgan fingerprint density at radius 2 is 1.92 bits per heavy atom. The molecule has 0 unspecified atom stereocenters. The van der Waals surface area contributed by atoms with Crippen molar-refractivity contribution < 1.29 is 4.74 Å². The van der Waals surface area contributed by atoms with E-state index in [4.69, 9.17) is 4.74 Å². The first-order chi connectivity index (χ1) is 12.0. The van der Waals surface area contributed by atoms with Crippen LogP contribution in [0.5, 0.6) is 5.75 Å². The summed E-state index contributed by atoms with van der Waals surface area (Å²) in [7, 11) is 1.59. The molecule has 0 saturated heterocycles. The van der Waals surface area contributed by atoms with Crippen LogP contribution in [-0.2, 0) is 20.1 Å². The predicted octanol–water partition coefficient (Wildman–Crippen LogP) is 2.72. The Balaban J connectivity index is 2.01. The lowest BCUT2D eigenvalue weighted by Crippen LogP contribution is -2.23. The molecule has 0 spiro atoms. The number of aryl methyl sites for hydroxylation is 4. The smallest absolute Gasteiger partial charge is 0.368 e. The van der Waals surface area contributed by atoms with E-state index in [9.17, 15) is 4.79 Å². The van der Waals surface area contributed by atoms with Crippen LogP contribution in [0.15, 0.2) is 41.2 Å². The van der Waals surface area contributed by atoms with E-state index >= 15 is 0 Å². The predicted molar refractivity (Wildman–Crippen MR) is 96.2 cm³/mol. The van der Waals surface area contributed by atoms with E-state index in [1.165, 1.54) is 9.36 Å². The second-order valence-corrected chi connectivity index (χ2v) is 6.12. The maximum atomic E-state index is 12.3. The Labute approximate surface area is 146 Å². The monoisotopic (exact) mass is 338 g/mol. The zero-order chi connectivity index (χ0) is 18.0. The van der Waals surface area contributed by atoms with E-state index in [-0.39, 0.29) is 5.69 Å². The number of tetrazole rings is 1. The summed E-state index contributed by atoms with van der Waals surface area (Å²) in [4.78, 5) is 12.3. The molecule has 0 saturated carbocycles. The fourth-order valence-corrected chi connectivity index (χ4v) is 2.79. The maximum Gasteiger partial charge on any atom is 0.368 e. The van der Waals surface area contributed by atoms with Gasteiger partial charge in [-0.05, 0) is 59.5 Å². The summed E-state index contributed by atoms with van der Waals surface area (Å²) < 4.78 is 8.62. The summed E-state index contributed by atoms with van der Waals surface area (Å²) in [5.41, 5.74) is 4.74. The number of hydrogen-bond donors (Lipinski definition) is 0. The lowest BCUT2D eigenvalue weighted by molar-refractivity contribution is 0.302. The van der Waals surface area contributed by atoms with Gasteiger partial charge in [0.1, 0.15) is 12.4 Å². The summed E-state index contributed by atoms with van der Waals surface area (Å²) in [5, 5.41) is 7.78. The summed E-state index contributed by atoms with van der Waals surface area (Å²) in [6, 6.07) is 12.0. The molecule has 0 aliphatic carbocycles. The van der Waals surface area contributed by atoms with Gasteiger partial charge in [0.2, 0.25) is 0 Å². The van der Waals surface area contributed by atoms with Crippen LogP contribution in [0.1, 0.15) is 29.2 Å². The molecular weight excluding hydrogens is 316 g/mol. The molecule has 1 heterocycles. The number of nitrogens with zero attached hydrogens (tertiary/aromatic N) is 4. The van der Waals surface area contributed by atoms with Crippen LogP contribution in [-0.4, -0.2) is 19.8 Å². The number of aromatic nitrogens is 4. The molecule has 3 rings (SSSR count). The van der Waals surface area contributed by atoms with E-state index in [0.717, 1.165) is 34.4 Å². The highest BCUT2D eigenvalue weighted by molar-refractivity contribution is 5.45. The molecule has 25 heavy (non-hydrogen) atoms. The van der Waals surface area contributed by atoms with Gasteiger partial charge >= 0.3 is 5.69 Å². The van der Waals surface area contributed by atoms with Crippen molar-refractivity contribution in [1.29, 1.82) is 0 Å². The van der Waals surface area contributed by atoms with E-state index in [2.05, 4.69) is 23.4 Å². The molecule has 0 amide bonds. The van der Waals surface area contributed by atoms with Gasteiger partial charge in [0, 0.05) is 12.6 Å². The van der Waals surface area contributed by atoms with Crippen LogP contribution in [0.25, 0.3) is 5.69 Å². The molecule has 6 nitrogen and oxygen atoms in total. The van der Waals surface area contributed by atoms with Crippen molar-refractivity contribution in [1.82, 2.24) is 19.8 Å². The van der Waals surface area contributed by atoms with E-state index in [1.54, 1.807) is 7.05 Å². The van der Waals surface area contributed by atoms with Gasteiger partial charge in [-0.1, -0.05) is 31.2 Å². The van der Waals surface area contributed by atoms with Crippen LogP contribution in [0.4, 0.5) is 0 Å². The quantitative estimate of drug-likeness (QED) is 0.718. The molecule has 2 aromatic carbocycles. The zero-order valence-corrected chi connectivity index (χ0v) is 15.0. The topological polar surface area (TPSA) is 61.9 Å². The van der Waals surface area contributed by atoms with Crippen molar-refractivity contribution in [3.8, 4) is 11.4 Å². The standard InChI is InChI=1S/C19H22N4O2/c1-5-15-7-6-8-17(23-19(24)22(4)20-21-23)16(15)12-25-18-11-13(2)9-10-14(18)3/h6-11H,5,12H2,1-4H3. The fraction of sp³-hybridized carbons (Fsp3) is 0.316. The SMILES string of the molecule is CCc1cccc(-n2nnn(C)c2=O)c1COc1cc(C)ccc1C. The van der Waals surface area contributed by atoms with Crippen LogP contribution in [0.2, 0.25) is 0 Å². The third kappa shape index (κ3) is 3.33. The second-order valence-electron chi connectivity index (χ2n) is 6.12. The summed E-state index contributed by atoms with van der Waals surface area (Å²) >= 11 is 0. The largest absolute Gasteiger partial charge is 0.489 e. The molecule has 0 radical (unpaired) electrons. The number of rotatable bonds is 5. The Morgan fingerprint density at radius 3 is 2.60 bits per heavy atom. The Bertz CT molecular complexity index is 956. The first-order valence-corrected chi connectivity index (χ1v) is 8.31. The highest BCUT2D eigenvalue weighted by atomic mass is 16.5. The van der Waals surface area contributed by atoms with Crippen molar-refractivity contribution >= 4 is 0 Å². The number of ether oxygens (including phenoxy) is 1. The van der Waals surface area contributed by atoms with Gasteiger partial charge in [-0.3, -0.25) is 0 Å². The Morgan fingerprint density at radius 1 is 1.12 bits per heavy atom. The van der Waals surface area contributed by atoms with Gasteiger partial charge in [0.25, 0.3) is 0 Å². The minimum Gasteiger partial charge on any atom is -0.489 e. The van der Waals surface area contributed by atoms with Crippen molar-refractivity contribution in [2.75, 3.05) is 0 Å². The Kier molecular flexibility index (Phi) is 4.70. The van der Waals surface area contributed by atoms with Crippen LogP contribution < -0.4 is 10.4 Å². The zero-order valence-electron chi connectivity index (χ0n) is 15.0. The molecule has 0 N–H and O–H groups in total. The molecule has 0 bridgehead atoms. The fourth-order valence-electron chi connectivity index (χ4n) is 2.79. The first-order valence-electron chi connectivity index (χ1n) is 8.31. The lowest BCUT2D eigenvalue weighted by atomic mass is 10.0. The third-order valence-corrected chi connectivity index (χ3v) is 4.29. The van der Waals surface area contributed by atoms with Crippen molar-refractivity contribution in [3.63, 3.8) is 0 Å². The van der Waals surface area contributed by atoms with Crippen LogP contribution in [0, 0.1) is 13.8 Å². The highest BCUT2D eigenvalue weighted by Crippen LogP contribution is 2.24. The summed E-state index contributed by atoms with van der Waals surface area (Å²) in [6.45, 7) is 6.51. The summed E-state index contributed by atoms with van der Waals surface area (Å²) in [6.07, 6.45) is 0.842. The maximum absolute atomic E-state index is 12.3. The molecule has 0 aliphatic heterocycles. The van der Waals surface area contributed by atoms with Gasteiger partial charge in [-0.15, -0.1) is 0 Å². The Hall–Kier alpha value is -2.89. The van der Waals surface area contributed by atoms with E-state index in [1.807, 2.05) is 44.2 Å². The van der Waals surface area contributed by atoms with Crippen LogP contribution >= 0.6 is 0 Å². The lowest BCUT2D eigenvalue weighted by Gasteiger charge is -2.15. The van der Waals surface area contributed by atoms with E-state index in [0.29, 0.717) is 12.3 Å². The first kappa shape index (κ1) is 17.0. The van der Waals surface area contributed by atoms with Gasteiger partial charge in [0.15, 0.2) is 0 Å². The van der Waals surface area contributed by atoms with Gasteiger partial charge in [-0.25, -0.2) is 4.79 Å². The van der Waals surface area contributed by atoms with Crippen molar-refractivity contribution in [3.05, 3.63) is 69.1 Å². The van der Waals surface area contributed by atoms with Crippen LogP contribution in [0.3, 0.4) is 0 Å². The van der Waals surface area contributed by atoms with Gasteiger partial charge in [0.05, 0.1) is 5.69 Å². The van der Waals surface area contributed by atoms with Gasteiger partial charge < -0.3 is 4.74 Å². The third-order valence-electron chi connectivity index (χ3n) is 4.29. The molecule has 3 aromatic rings. The molecule has 130 valence electrons. The average molecular weight is 338 g/mol. The normalized spacial score (nSPS) is 10.9. The second kappa shape index (κ2) is 6.93. The van der Waals surface area contributed by atoms with Gasteiger partial charge in [-0.2, -0.15) is 9.36 Å². The van der Waals surface area contributed by atoms with E-state index < -0.39 is 0 Å². The number of hydrogen-bond acceptors (Lipinski definition) is 4. The molecule has 0 atom stereocenters. The molecule has 0 aliphatic rings. The minimum absolute atomic E-state index is 0.277. The average Bonchev–Trinajstić information content (AvgIpc) is 2.94. The molecular formula is C19H22N4O2. The summed E-state index contributed by atoms with van der Waals surface area (Å²) in [5.74, 6) is 0.850. The molecule has 0 fully saturated rings. The van der Waals surface area contributed by atoms with Crippen molar-refractivity contribution in [2.24, 2.45) is 7.05 Å². The minimum atomic E-state index is -0.277. The molecule has 6 heteroatoms. The van der Waals surface area contributed by atoms with Crippen molar-refractivity contribution in [2.45, 2.75) is 33.8 Å². The molecule has 1 aromatic heterocycles. The number of benzene rings is 2.